The molecule has 0 aromatic carbocycles. The van der Waals surface area contributed by atoms with Gasteiger partial charge in [0.25, 0.3) is 0 Å². The van der Waals surface area contributed by atoms with Gasteiger partial charge < -0.3 is 9.88 Å². The maximum absolute atomic E-state index is 4.29. The molecule has 0 amide bonds. The Balaban J connectivity index is 1.93. The number of nitrogens with one attached hydrogen (secondary N) is 1. The van der Waals surface area contributed by atoms with Gasteiger partial charge in [0.15, 0.2) is 0 Å². The lowest BCUT2D eigenvalue weighted by molar-refractivity contribution is 0.370. The van der Waals surface area contributed by atoms with Crippen molar-refractivity contribution in [1.29, 1.82) is 0 Å². The summed E-state index contributed by atoms with van der Waals surface area (Å²) < 4.78 is 2.29. The lowest BCUT2D eigenvalue weighted by Crippen LogP contribution is -2.29. The number of nitrogens with zero attached hydrogens (tertiary/aromatic N) is 3. The van der Waals surface area contributed by atoms with E-state index in [2.05, 4.69) is 25.9 Å². The Labute approximate surface area is 101 Å². The third-order valence-electron chi connectivity index (χ3n) is 3.33. The molecule has 2 aromatic rings. The zero-order chi connectivity index (χ0) is 11.5. The van der Waals surface area contributed by atoms with Gasteiger partial charge in [0.05, 0.1) is 18.2 Å². The van der Waals surface area contributed by atoms with E-state index in [0.29, 0.717) is 6.04 Å². The molecular formula is C13H16N4. The minimum Gasteiger partial charge on any atom is -0.327 e. The van der Waals surface area contributed by atoms with Crippen LogP contribution >= 0.6 is 0 Å². The van der Waals surface area contributed by atoms with Crippen molar-refractivity contribution in [3.63, 3.8) is 0 Å². The van der Waals surface area contributed by atoms with E-state index in [1.807, 2.05) is 24.8 Å². The number of rotatable bonds is 2. The van der Waals surface area contributed by atoms with Crippen LogP contribution in [0.4, 0.5) is 0 Å². The number of hydrogen-bond acceptors (Lipinski definition) is 3. The Morgan fingerprint density at radius 2 is 2.06 bits per heavy atom. The number of pyridine rings is 1. The molecule has 1 fully saturated rings. The summed E-state index contributed by atoms with van der Waals surface area (Å²) in [4.78, 5) is 8.46. The molecule has 4 nitrogen and oxygen atoms in total. The van der Waals surface area contributed by atoms with Gasteiger partial charge in [0.2, 0.25) is 0 Å². The summed E-state index contributed by atoms with van der Waals surface area (Å²) in [5.74, 6) is 0. The topological polar surface area (TPSA) is 42.7 Å². The first kappa shape index (κ1) is 10.5. The highest BCUT2D eigenvalue weighted by atomic mass is 15.1. The molecule has 4 heteroatoms. The molecule has 1 aliphatic heterocycles. The predicted molar refractivity (Wildman–Crippen MR) is 66.6 cm³/mol. The number of hydrogen-bond donors (Lipinski definition) is 1. The van der Waals surface area contributed by atoms with Crippen molar-refractivity contribution in [2.75, 3.05) is 13.1 Å². The normalized spacial score (nSPS) is 17.2. The third kappa shape index (κ3) is 2.08. The van der Waals surface area contributed by atoms with Crippen LogP contribution in [0.5, 0.6) is 0 Å². The maximum Gasteiger partial charge on any atom is 0.0953 e. The van der Waals surface area contributed by atoms with Gasteiger partial charge in [0, 0.05) is 24.0 Å². The zero-order valence-electron chi connectivity index (χ0n) is 9.71. The molecule has 3 rings (SSSR count). The SMILES string of the molecule is c1cncc(-c2cncn2C2CCNCC2)c1. The summed E-state index contributed by atoms with van der Waals surface area (Å²) in [6, 6.07) is 4.62. The smallest absolute Gasteiger partial charge is 0.0953 e. The van der Waals surface area contributed by atoms with Crippen LogP contribution in [0.1, 0.15) is 18.9 Å². The maximum atomic E-state index is 4.29. The first-order valence-electron chi connectivity index (χ1n) is 6.08. The van der Waals surface area contributed by atoms with Crippen LogP contribution in [-0.2, 0) is 0 Å². The molecule has 1 saturated heterocycles. The predicted octanol–water partition coefficient (Wildman–Crippen LogP) is 1.87. The fourth-order valence-electron chi connectivity index (χ4n) is 2.42. The van der Waals surface area contributed by atoms with E-state index in [4.69, 9.17) is 0 Å². The first-order chi connectivity index (χ1) is 8.45. The molecule has 1 N–H and O–H groups in total. The van der Waals surface area contributed by atoms with Gasteiger partial charge >= 0.3 is 0 Å². The Morgan fingerprint density at radius 3 is 2.82 bits per heavy atom. The van der Waals surface area contributed by atoms with E-state index < -0.39 is 0 Å². The molecule has 0 unspecified atom stereocenters. The van der Waals surface area contributed by atoms with E-state index in [1.165, 1.54) is 18.5 Å². The minimum absolute atomic E-state index is 0.564. The van der Waals surface area contributed by atoms with Crippen LogP contribution in [0, 0.1) is 0 Å². The van der Waals surface area contributed by atoms with Crippen LogP contribution in [0.3, 0.4) is 0 Å². The molecule has 17 heavy (non-hydrogen) atoms. The first-order valence-corrected chi connectivity index (χ1v) is 6.08. The van der Waals surface area contributed by atoms with Crippen LogP contribution < -0.4 is 5.32 Å². The monoisotopic (exact) mass is 228 g/mol. The van der Waals surface area contributed by atoms with Gasteiger partial charge in [-0.3, -0.25) is 4.98 Å². The van der Waals surface area contributed by atoms with Crippen molar-refractivity contribution < 1.29 is 0 Å². The quantitative estimate of drug-likeness (QED) is 0.853. The molecule has 0 aliphatic carbocycles. The van der Waals surface area contributed by atoms with E-state index in [9.17, 15) is 0 Å². The van der Waals surface area contributed by atoms with E-state index in [-0.39, 0.29) is 0 Å². The van der Waals surface area contributed by atoms with Crippen molar-refractivity contribution >= 4 is 0 Å². The molecule has 2 aromatic heterocycles. The fraction of sp³-hybridized carbons (Fsp3) is 0.385. The Kier molecular flexibility index (Phi) is 2.88. The number of imidazole rings is 1. The minimum atomic E-state index is 0.564. The summed E-state index contributed by atoms with van der Waals surface area (Å²) in [6.45, 7) is 2.19. The molecule has 0 radical (unpaired) electrons. The molecule has 0 spiro atoms. The van der Waals surface area contributed by atoms with Gasteiger partial charge in [-0.05, 0) is 38.1 Å². The molecular weight excluding hydrogens is 212 g/mol. The van der Waals surface area contributed by atoms with Gasteiger partial charge in [0.1, 0.15) is 0 Å². The second-order valence-electron chi connectivity index (χ2n) is 4.41. The molecule has 0 atom stereocenters. The zero-order valence-corrected chi connectivity index (χ0v) is 9.71. The Hall–Kier alpha value is -1.68. The van der Waals surface area contributed by atoms with E-state index in [0.717, 1.165) is 18.7 Å². The van der Waals surface area contributed by atoms with Crippen LogP contribution in [0.15, 0.2) is 37.1 Å². The molecule has 1 aliphatic rings. The summed E-state index contributed by atoms with van der Waals surface area (Å²) in [5, 5.41) is 3.39. The Morgan fingerprint density at radius 1 is 1.18 bits per heavy atom. The molecule has 0 saturated carbocycles. The number of aromatic nitrogens is 3. The standard InChI is InChI=1S/C13H16N4/c1-2-11(8-15-5-1)13-9-16-10-17(13)12-3-6-14-7-4-12/h1-2,5,8-10,12,14H,3-4,6-7H2. The highest BCUT2D eigenvalue weighted by Crippen LogP contribution is 2.26. The lowest BCUT2D eigenvalue weighted by atomic mass is 10.1. The second-order valence-corrected chi connectivity index (χ2v) is 4.41. The van der Waals surface area contributed by atoms with Crippen molar-refractivity contribution in [3.05, 3.63) is 37.1 Å². The third-order valence-corrected chi connectivity index (χ3v) is 3.33. The van der Waals surface area contributed by atoms with Gasteiger partial charge in [-0.1, -0.05) is 0 Å². The van der Waals surface area contributed by atoms with Crippen LogP contribution in [0.2, 0.25) is 0 Å². The van der Waals surface area contributed by atoms with Gasteiger partial charge in [-0.15, -0.1) is 0 Å². The van der Waals surface area contributed by atoms with Gasteiger partial charge in [-0.2, -0.15) is 0 Å². The Bertz CT molecular complexity index is 471. The summed E-state index contributed by atoms with van der Waals surface area (Å²) >= 11 is 0. The summed E-state index contributed by atoms with van der Waals surface area (Å²) in [7, 11) is 0. The summed E-state index contributed by atoms with van der Waals surface area (Å²) in [5.41, 5.74) is 2.31. The van der Waals surface area contributed by atoms with Crippen LogP contribution in [0.25, 0.3) is 11.3 Å². The van der Waals surface area contributed by atoms with Crippen molar-refractivity contribution in [2.24, 2.45) is 0 Å². The van der Waals surface area contributed by atoms with Crippen molar-refractivity contribution in [1.82, 2.24) is 19.9 Å². The number of piperidine rings is 1. The fourth-order valence-corrected chi connectivity index (χ4v) is 2.42. The second kappa shape index (κ2) is 4.67. The highest BCUT2D eigenvalue weighted by Gasteiger charge is 2.17. The van der Waals surface area contributed by atoms with Crippen LogP contribution in [-0.4, -0.2) is 27.6 Å². The molecule has 0 bridgehead atoms. The summed E-state index contributed by atoms with van der Waals surface area (Å²) in [6.07, 6.45) is 9.91. The van der Waals surface area contributed by atoms with Crippen molar-refractivity contribution in [2.45, 2.75) is 18.9 Å². The molecule has 3 heterocycles. The van der Waals surface area contributed by atoms with Crippen molar-refractivity contribution in [3.8, 4) is 11.3 Å². The molecule has 88 valence electrons. The average molecular weight is 228 g/mol. The van der Waals surface area contributed by atoms with E-state index in [1.54, 1.807) is 6.20 Å². The average Bonchev–Trinajstić information content (AvgIpc) is 2.90. The van der Waals surface area contributed by atoms with E-state index >= 15 is 0 Å². The lowest BCUT2D eigenvalue weighted by Gasteiger charge is -2.25. The van der Waals surface area contributed by atoms with Gasteiger partial charge in [-0.25, -0.2) is 4.98 Å². The largest absolute Gasteiger partial charge is 0.327 e. The highest BCUT2D eigenvalue weighted by molar-refractivity contribution is 5.57.